The van der Waals surface area contributed by atoms with E-state index < -0.39 is 0 Å². The summed E-state index contributed by atoms with van der Waals surface area (Å²) in [5.74, 6) is 0.216. The fourth-order valence-electron chi connectivity index (χ4n) is 2.78. The van der Waals surface area contributed by atoms with Crippen LogP contribution >= 0.6 is 11.3 Å². The van der Waals surface area contributed by atoms with E-state index in [2.05, 4.69) is 35.5 Å². The van der Waals surface area contributed by atoms with Gasteiger partial charge in [-0.2, -0.15) is 0 Å². The molecule has 1 aliphatic rings. The van der Waals surface area contributed by atoms with Crippen molar-refractivity contribution in [1.82, 2.24) is 15.1 Å². The van der Waals surface area contributed by atoms with Gasteiger partial charge in [-0.1, -0.05) is 19.9 Å². The van der Waals surface area contributed by atoms with Crippen molar-refractivity contribution in [3.8, 4) is 0 Å². The van der Waals surface area contributed by atoms with Crippen LogP contribution in [0.25, 0.3) is 0 Å². The van der Waals surface area contributed by atoms with Crippen LogP contribution in [0.4, 0.5) is 0 Å². The Kier molecular flexibility index (Phi) is 8.02. The topological polar surface area (TPSA) is 44.8 Å². The number of likely N-dealkylation sites (N-methyl/N-ethyl adjacent to an activating group) is 1. The molecule has 23 heavy (non-hydrogen) atoms. The van der Waals surface area contributed by atoms with Gasteiger partial charge in [-0.05, 0) is 24.5 Å². The Morgan fingerprint density at radius 3 is 2.83 bits per heavy atom. The molecule has 0 bridgehead atoms. The third-order valence-electron chi connectivity index (χ3n) is 4.28. The maximum Gasteiger partial charge on any atom is 0.224 e. The number of carbonyl (C=O) groups is 1. The summed E-state index contributed by atoms with van der Waals surface area (Å²) in [5, 5.41) is 5.44. The van der Waals surface area contributed by atoms with Crippen LogP contribution in [0.2, 0.25) is 0 Å². The fourth-order valence-corrected chi connectivity index (χ4v) is 3.49. The van der Waals surface area contributed by atoms with E-state index >= 15 is 0 Å². The maximum absolute atomic E-state index is 12.7. The highest BCUT2D eigenvalue weighted by molar-refractivity contribution is 7.09. The molecule has 0 radical (unpaired) electrons. The molecule has 1 aromatic rings. The van der Waals surface area contributed by atoms with Crippen molar-refractivity contribution in [2.75, 3.05) is 45.9 Å². The molecule has 1 aromatic heterocycles. The molecule has 1 atom stereocenters. The highest BCUT2D eigenvalue weighted by atomic mass is 32.1. The Morgan fingerprint density at radius 2 is 2.22 bits per heavy atom. The van der Waals surface area contributed by atoms with Crippen molar-refractivity contribution >= 4 is 17.2 Å². The van der Waals surface area contributed by atoms with Crippen molar-refractivity contribution < 1.29 is 9.53 Å². The number of carbonyl (C=O) groups excluding carboxylic acids is 1. The van der Waals surface area contributed by atoms with Crippen molar-refractivity contribution in [3.05, 3.63) is 22.4 Å². The second-order valence-electron chi connectivity index (χ2n) is 5.85. The van der Waals surface area contributed by atoms with Gasteiger partial charge in [0.15, 0.2) is 0 Å². The molecule has 1 amide bonds. The highest BCUT2D eigenvalue weighted by Crippen LogP contribution is 2.14. The lowest BCUT2D eigenvalue weighted by atomic mass is 10.1. The van der Waals surface area contributed by atoms with Crippen LogP contribution in [0.15, 0.2) is 17.5 Å². The third kappa shape index (κ3) is 6.22. The Labute approximate surface area is 143 Å². The average Bonchev–Trinajstić information content (AvgIpc) is 3.08. The first kappa shape index (κ1) is 18.4. The minimum atomic E-state index is 0.149. The zero-order chi connectivity index (χ0) is 16.5. The van der Waals surface area contributed by atoms with E-state index in [0.29, 0.717) is 19.6 Å². The number of nitrogens with one attached hydrogen (secondary N) is 1. The summed E-state index contributed by atoms with van der Waals surface area (Å²) >= 11 is 1.71. The minimum absolute atomic E-state index is 0.149. The number of morpholine rings is 1. The predicted molar refractivity (Wildman–Crippen MR) is 94.8 cm³/mol. The van der Waals surface area contributed by atoms with Gasteiger partial charge in [0.25, 0.3) is 0 Å². The molecule has 1 saturated heterocycles. The van der Waals surface area contributed by atoms with Gasteiger partial charge in [0, 0.05) is 37.0 Å². The molecule has 1 unspecified atom stereocenters. The van der Waals surface area contributed by atoms with E-state index in [1.54, 1.807) is 11.3 Å². The van der Waals surface area contributed by atoms with Crippen LogP contribution in [0.5, 0.6) is 0 Å². The molecule has 1 N–H and O–H groups in total. The zero-order valence-corrected chi connectivity index (χ0v) is 15.1. The minimum Gasteiger partial charge on any atom is -0.378 e. The van der Waals surface area contributed by atoms with Crippen LogP contribution in [0.1, 0.15) is 25.1 Å². The van der Waals surface area contributed by atoms with E-state index in [-0.39, 0.29) is 11.9 Å². The quantitative estimate of drug-likeness (QED) is 0.745. The molecular weight excluding hydrogens is 310 g/mol. The third-order valence-corrected chi connectivity index (χ3v) is 5.14. The Balaban J connectivity index is 1.91. The van der Waals surface area contributed by atoms with Crippen LogP contribution in [0, 0.1) is 0 Å². The number of nitrogens with zero attached hydrogens (tertiary/aromatic N) is 2. The summed E-state index contributed by atoms with van der Waals surface area (Å²) in [6, 6.07) is 4.30. The lowest BCUT2D eigenvalue weighted by molar-refractivity contribution is -0.133. The molecule has 0 aliphatic carbocycles. The van der Waals surface area contributed by atoms with Gasteiger partial charge in [0.2, 0.25) is 5.91 Å². The van der Waals surface area contributed by atoms with Crippen LogP contribution in [-0.2, 0) is 16.1 Å². The second-order valence-corrected chi connectivity index (χ2v) is 6.88. The number of thiophene rings is 1. The SMILES string of the molecule is CCN(CC)CCN(Cc1cccs1)C(=O)CC1COCCN1. The van der Waals surface area contributed by atoms with Crippen molar-refractivity contribution in [3.63, 3.8) is 0 Å². The first-order valence-electron chi connectivity index (χ1n) is 8.56. The van der Waals surface area contributed by atoms with Gasteiger partial charge in [-0.15, -0.1) is 11.3 Å². The normalized spacial score (nSPS) is 18.3. The zero-order valence-electron chi connectivity index (χ0n) is 14.3. The van der Waals surface area contributed by atoms with Crippen molar-refractivity contribution in [2.45, 2.75) is 32.9 Å². The number of ether oxygens (including phenoxy) is 1. The largest absolute Gasteiger partial charge is 0.378 e. The van der Waals surface area contributed by atoms with E-state index in [4.69, 9.17) is 4.74 Å². The van der Waals surface area contributed by atoms with Crippen molar-refractivity contribution in [1.29, 1.82) is 0 Å². The smallest absolute Gasteiger partial charge is 0.224 e. The lowest BCUT2D eigenvalue weighted by Gasteiger charge is -2.29. The van der Waals surface area contributed by atoms with Crippen LogP contribution in [-0.4, -0.2) is 67.7 Å². The standard InChI is InChI=1S/C17H29N3O2S/c1-3-19(4-2)8-9-20(13-16-6-5-11-23-16)17(21)12-15-14-22-10-7-18-15/h5-6,11,15,18H,3-4,7-10,12-14H2,1-2H3. The Morgan fingerprint density at radius 1 is 1.39 bits per heavy atom. The van der Waals surface area contributed by atoms with Gasteiger partial charge in [0.05, 0.1) is 19.8 Å². The lowest BCUT2D eigenvalue weighted by Crippen LogP contribution is -2.46. The molecule has 0 spiro atoms. The molecule has 0 aromatic carbocycles. The number of hydrogen-bond donors (Lipinski definition) is 1. The summed E-state index contributed by atoms with van der Waals surface area (Å²) in [4.78, 5) is 18.3. The van der Waals surface area contributed by atoms with Gasteiger partial charge in [0.1, 0.15) is 0 Å². The highest BCUT2D eigenvalue weighted by Gasteiger charge is 2.21. The van der Waals surface area contributed by atoms with Crippen molar-refractivity contribution in [2.24, 2.45) is 0 Å². The summed E-state index contributed by atoms with van der Waals surface area (Å²) < 4.78 is 5.46. The number of hydrogen-bond acceptors (Lipinski definition) is 5. The van der Waals surface area contributed by atoms with Gasteiger partial charge in [-0.25, -0.2) is 0 Å². The number of amides is 1. The monoisotopic (exact) mass is 339 g/mol. The fraction of sp³-hybridized carbons (Fsp3) is 0.706. The molecule has 5 nitrogen and oxygen atoms in total. The summed E-state index contributed by atoms with van der Waals surface area (Å²) in [6.45, 7) is 11.0. The van der Waals surface area contributed by atoms with Gasteiger partial charge in [-0.3, -0.25) is 4.79 Å². The molecule has 0 saturated carbocycles. The molecule has 1 fully saturated rings. The van der Waals surface area contributed by atoms with Crippen LogP contribution < -0.4 is 5.32 Å². The van der Waals surface area contributed by atoms with Gasteiger partial charge < -0.3 is 19.9 Å². The summed E-state index contributed by atoms with van der Waals surface area (Å²) in [6.07, 6.45) is 0.517. The molecular formula is C17H29N3O2S. The van der Waals surface area contributed by atoms with E-state index in [0.717, 1.165) is 39.3 Å². The summed E-state index contributed by atoms with van der Waals surface area (Å²) in [5.41, 5.74) is 0. The Bertz CT molecular complexity index is 443. The maximum atomic E-state index is 12.7. The average molecular weight is 340 g/mol. The number of rotatable bonds is 9. The van der Waals surface area contributed by atoms with Crippen LogP contribution in [0.3, 0.4) is 0 Å². The van der Waals surface area contributed by atoms with E-state index in [9.17, 15) is 4.79 Å². The van der Waals surface area contributed by atoms with E-state index in [1.807, 2.05) is 11.0 Å². The molecule has 1 aliphatic heterocycles. The van der Waals surface area contributed by atoms with E-state index in [1.165, 1.54) is 4.88 Å². The van der Waals surface area contributed by atoms with Gasteiger partial charge >= 0.3 is 0 Å². The molecule has 130 valence electrons. The molecule has 2 rings (SSSR count). The predicted octanol–water partition coefficient (Wildman–Crippen LogP) is 1.80. The Hall–Kier alpha value is -0.950. The molecule has 2 heterocycles. The first-order chi connectivity index (χ1) is 11.2. The first-order valence-corrected chi connectivity index (χ1v) is 9.44. The molecule has 6 heteroatoms. The summed E-state index contributed by atoms with van der Waals surface area (Å²) in [7, 11) is 0. The second kappa shape index (κ2) is 10.0.